The molecular weight excluding hydrogens is 228 g/mol. The van der Waals surface area contributed by atoms with E-state index in [9.17, 15) is 0 Å². The number of benzene rings is 3. The lowest BCUT2D eigenvalue weighted by Gasteiger charge is -2.04. The van der Waals surface area contributed by atoms with E-state index >= 15 is 0 Å². The van der Waals surface area contributed by atoms with Gasteiger partial charge in [0.1, 0.15) is 0 Å². The molecule has 3 aromatic rings. The lowest BCUT2D eigenvalue weighted by atomic mass is 10.0. The molecule has 0 spiro atoms. The fourth-order valence-corrected chi connectivity index (χ4v) is 2.16. The largest absolute Gasteiger partial charge is 0.0843 e. The topological polar surface area (TPSA) is 0 Å². The predicted octanol–water partition coefficient (Wildman–Crippen LogP) is 5.16. The van der Waals surface area contributed by atoms with Crippen LogP contribution in [0.1, 0.15) is 1.37 Å². The summed E-state index contributed by atoms with van der Waals surface area (Å²) in [6.07, 6.45) is 0. The summed E-state index contributed by atoms with van der Waals surface area (Å²) < 4.78 is 7.61. The molecule has 0 aliphatic heterocycles. The van der Waals surface area contributed by atoms with Gasteiger partial charge in [-0.1, -0.05) is 60.1 Å². The molecule has 0 saturated carbocycles. The van der Waals surface area contributed by atoms with Crippen molar-refractivity contribution >= 4 is 22.4 Å². The van der Waals surface area contributed by atoms with E-state index < -0.39 is 0 Å². The average molecular weight is 240 g/mol. The second-order valence-corrected chi connectivity index (χ2v) is 4.43. The minimum Gasteiger partial charge on any atom is -0.0843 e. The summed E-state index contributed by atoms with van der Waals surface area (Å²) >= 11 is 6.01. The van der Waals surface area contributed by atoms with Crippen molar-refractivity contribution in [3.63, 3.8) is 0 Å². The highest BCUT2D eigenvalue weighted by molar-refractivity contribution is 6.30. The van der Waals surface area contributed by atoms with Gasteiger partial charge in [-0.25, -0.2) is 0 Å². The Morgan fingerprint density at radius 3 is 2.53 bits per heavy atom. The lowest BCUT2D eigenvalue weighted by molar-refractivity contribution is 1.64. The van der Waals surface area contributed by atoms with Crippen LogP contribution in [0.4, 0.5) is 0 Å². The van der Waals surface area contributed by atoms with Crippen LogP contribution < -0.4 is 0 Å². The van der Waals surface area contributed by atoms with E-state index in [1.807, 2.05) is 48.5 Å². The Hall–Kier alpha value is -1.79. The van der Waals surface area contributed by atoms with Crippen LogP contribution in [-0.4, -0.2) is 0 Å². The van der Waals surface area contributed by atoms with Gasteiger partial charge in [-0.2, -0.15) is 0 Å². The fraction of sp³-hybridized carbons (Fsp3) is 0. The van der Waals surface area contributed by atoms with Gasteiger partial charge in [0.05, 0.1) is 1.37 Å². The summed E-state index contributed by atoms with van der Waals surface area (Å²) in [6, 6.07) is 20.3. The summed E-state index contributed by atoms with van der Waals surface area (Å²) in [5.41, 5.74) is 2.25. The highest BCUT2D eigenvalue weighted by Gasteiger charge is 1.99. The zero-order valence-corrected chi connectivity index (χ0v) is 9.91. The number of hydrogen-bond donors (Lipinski definition) is 0. The maximum Gasteiger partial charge on any atom is 0.0623 e. The molecule has 0 bridgehead atoms. The molecule has 0 saturated heterocycles. The first kappa shape index (κ1) is 9.26. The first-order valence-electron chi connectivity index (χ1n) is 5.99. The Kier molecular flexibility index (Phi) is 2.30. The Morgan fingerprint density at radius 1 is 0.765 bits per heavy atom. The van der Waals surface area contributed by atoms with Crippen LogP contribution >= 0.6 is 11.6 Å². The Balaban J connectivity index is 2.16. The molecule has 0 aliphatic rings. The van der Waals surface area contributed by atoms with Crippen molar-refractivity contribution in [3.05, 3.63) is 71.7 Å². The summed E-state index contributed by atoms with van der Waals surface area (Å²) in [5, 5.41) is 2.98. The fourth-order valence-electron chi connectivity index (χ4n) is 1.97. The second-order valence-electron chi connectivity index (χ2n) is 4.00. The van der Waals surface area contributed by atoms with Crippen LogP contribution in [-0.2, 0) is 0 Å². The van der Waals surface area contributed by atoms with E-state index in [2.05, 4.69) is 12.1 Å². The van der Waals surface area contributed by atoms with Crippen molar-refractivity contribution in [2.75, 3.05) is 0 Å². The Bertz CT molecular complexity index is 719. The zero-order chi connectivity index (χ0) is 12.5. The standard InChI is InChI=1S/C16H11Cl/c17-16-7-3-6-14(11-16)15-9-8-12-4-1-2-5-13(12)10-15/h1-11H/i1D. The second kappa shape index (κ2) is 4.23. The molecule has 1 heteroatoms. The van der Waals surface area contributed by atoms with E-state index in [1.54, 1.807) is 0 Å². The molecule has 0 aromatic heterocycles. The highest BCUT2D eigenvalue weighted by atomic mass is 35.5. The number of fused-ring (bicyclic) bond motifs is 1. The third-order valence-electron chi connectivity index (χ3n) is 2.84. The lowest BCUT2D eigenvalue weighted by Crippen LogP contribution is -1.78. The number of hydrogen-bond acceptors (Lipinski definition) is 0. The molecule has 0 N–H and O–H groups in total. The molecule has 3 aromatic carbocycles. The third-order valence-corrected chi connectivity index (χ3v) is 3.08. The predicted molar refractivity (Wildman–Crippen MR) is 74.4 cm³/mol. The molecule has 0 atom stereocenters. The van der Waals surface area contributed by atoms with Crippen molar-refractivity contribution in [2.24, 2.45) is 0 Å². The Morgan fingerprint density at radius 2 is 1.65 bits per heavy atom. The zero-order valence-electron chi connectivity index (χ0n) is 10.2. The monoisotopic (exact) mass is 239 g/mol. The summed E-state index contributed by atoms with van der Waals surface area (Å²) in [7, 11) is 0. The van der Waals surface area contributed by atoms with Gasteiger partial charge in [-0.05, 0) is 40.1 Å². The maximum atomic E-state index is 7.61. The molecule has 82 valence electrons. The van der Waals surface area contributed by atoms with Crippen molar-refractivity contribution in [1.82, 2.24) is 0 Å². The number of rotatable bonds is 1. The minimum atomic E-state index is 0.540. The molecule has 0 radical (unpaired) electrons. The molecule has 17 heavy (non-hydrogen) atoms. The first-order valence-corrected chi connectivity index (χ1v) is 5.86. The van der Waals surface area contributed by atoms with Crippen LogP contribution in [0.2, 0.25) is 5.02 Å². The SMILES string of the molecule is [2H]c1ccc2cc(-c3cccc(Cl)c3)ccc2c1. The van der Waals surface area contributed by atoms with Crippen molar-refractivity contribution < 1.29 is 1.37 Å². The van der Waals surface area contributed by atoms with E-state index in [0.29, 0.717) is 6.04 Å². The molecule has 0 amide bonds. The first-order chi connectivity index (χ1) is 8.72. The van der Waals surface area contributed by atoms with Crippen LogP contribution in [0.25, 0.3) is 21.9 Å². The molecule has 0 aliphatic carbocycles. The smallest absolute Gasteiger partial charge is 0.0623 e. The van der Waals surface area contributed by atoms with Crippen LogP contribution in [0.5, 0.6) is 0 Å². The van der Waals surface area contributed by atoms with Gasteiger partial charge in [0.15, 0.2) is 0 Å². The number of halogens is 1. The third kappa shape index (κ3) is 2.04. The molecule has 0 fully saturated rings. The quantitative estimate of drug-likeness (QED) is 0.550. The average Bonchev–Trinajstić information content (AvgIpc) is 2.38. The normalized spacial score (nSPS) is 11.5. The van der Waals surface area contributed by atoms with Crippen molar-refractivity contribution in [1.29, 1.82) is 0 Å². The summed E-state index contributed by atoms with van der Waals surface area (Å²) in [6.45, 7) is 0. The van der Waals surface area contributed by atoms with Crippen LogP contribution in [0.3, 0.4) is 0 Å². The van der Waals surface area contributed by atoms with Crippen LogP contribution in [0.15, 0.2) is 66.7 Å². The van der Waals surface area contributed by atoms with Gasteiger partial charge in [-0.3, -0.25) is 0 Å². The molecular formula is C16H11Cl. The van der Waals surface area contributed by atoms with E-state index in [0.717, 1.165) is 26.9 Å². The van der Waals surface area contributed by atoms with Gasteiger partial charge in [0.25, 0.3) is 0 Å². The minimum absolute atomic E-state index is 0.540. The van der Waals surface area contributed by atoms with Crippen LogP contribution in [0, 0.1) is 0 Å². The summed E-state index contributed by atoms with van der Waals surface area (Å²) in [5.74, 6) is 0. The maximum absolute atomic E-state index is 7.61. The molecule has 0 unspecified atom stereocenters. The van der Waals surface area contributed by atoms with Crippen molar-refractivity contribution in [2.45, 2.75) is 0 Å². The van der Waals surface area contributed by atoms with E-state index in [-0.39, 0.29) is 0 Å². The van der Waals surface area contributed by atoms with Gasteiger partial charge >= 0.3 is 0 Å². The van der Waals surface area contributed by atoms with Crippen molar-refractivity contribution in [3.8, 4) is 11.1 Å². The molecule has 3 rings (SSSR count). The molecule has 0 heterocycles. The van der Waals surface area contributed by atoms with Gasteiger partial charge < -0.3 is 0 Å². The highest BCUT2D eigenvalue weighted by Crippen LogP contribution is 2.26. The molecule has 0 nitrogen and oxygen atoms in total. The van der Waals surface area contributed by atoms with Gasteiger partial charge in [0.2, 0.25) is 0 Å². The van der Waals surface area contributed by atoms with E-state index in [1.165, 1.54) is 0 Å². The van der Waals surface area contributed by atoms with Gasteiger partial charge in [0, 0.05) is 5.02 Å². The van der Waals surface area contributed by atoms with Gasteiger partial charge in [-0.15, -0.1) is 0 Å². The Labute approximate surface area is 107 Å². The summed E-state index contributed by atoms with van der Waals surface area (Å²) in [4.78, 5) is 0. The van der Waals surface area contributed by atoms with E-state index in [4.69, 9.17) is 13.0 Å².